The number of hydrogen-bond donors (Lipinski definition) is 1. The largest absolute Gasteiger partial charge is 0.352 e. The smallest absolute Gasteiger partial charge is 0.244 e. The summed E-state index contributed by atoms with van der Waals surface area (Å²) in [6, 6.07) is 13.2. The Morgan fingerprint density at radius 2 is 1.72 bits per heavy atom. The highest BCUT2D eigenvalue weighted by atomic mass is 79.9. The summed E-state index contributed by atoms with van der Waals surface area (Å²) in [6.07, 6.45) is 6.63. The molecule has 2 aromatic carbocycles. The Hall–Kier alpha value is -2.10. The van der Waals surface area contributed by atoms with Gasteiger partial charge in [-0.1, -0.05) is 62.1 Å². The van der Waals surface area contributed by atoms with Crippen LogP contribution in [0, 0.1) is 0 Å². The summed E-state index contributed by atoms with van der Waals surface area (Å²) in [7, 11) is -3.79. The van der Waals surface area contributed by atoms with Crippen molar-refractivity contribution in [1.29, 1.82) is 0 Å². The molecule has 1 saturated carbocycles. The molecule has 196 valence electrons. The molecule has 1 aliphatic carbocycles. The summed E-state index contributed by atoms with van der Waals surface area (Å²) >= 11 is 9.43. The first kappa shape index (κ1) is 28.5. The molecule has 1 aliphatic rings. The zero-order chi connectivity index (χ0) is 26.3. The van der Waals surface area contributed by atoms with Crippen LogP contribution in [0.2, 0.25) is 5.02 Å². The molecule has 1 N–H and O–H groups in total. The van der Waals surface area contributed by atoms with Crippen molar-refractivity contribution in [2.45, 2.75) is 64.1 Å². The van der Waals surface area contributed by atoms with Gasteiger partial charge in [-0.15, -0.1) is 0 Å². The number of carbonyl (C=O) groups is 2. The van der Waals surface area contributed by atoms with E-state index in [1.165, 1.54) is 11.3 Å². The summed E-state index contributed by atoms with van der Waals surface area (Å²) in [5, 5.41) is 3.70. The first-order valence-corrected chi connectivity index (χ1v) is 15.2. The summed E-state index contributed by atoms with van der Waals surface area (Å²) in [5.74, 6) is -0.671. The maximum atomic E-state index is 13.8. The number of sulfonamides is 1. The first-order chi connectivity index (χ1) is 17.1. The van der Waals surface area contributed by atoms with Gasteiger partial charge in [-0.25, -0.2) is 8.42 Å². The van der Waals surface area contributed by atoms with Gasteiger partial charge >= 0.3 is 0 Å². The lowest BCUT2D eigenvalue weighted by Crippen LogP contribution is -2.54. The van der Waals surface area contributed by atoms with Gasteiger partial charge in [0.1, 0.15) is 12.6 Å². The second-order valence-electron chi connectivity index (χ2n) is 9.14. The minimum absolute atomic E-state index is 0.0978. The van der Waals surface area contributed by atoms with Crippen LogP contribution in [0.15, 0.2) is 53.0 Å². The summed E-state index contributed by atoms with van der Waals surface area (Å²) in [6.45, 7) is 1.58. The van der Waals surface area contributed by atoms with Gasteiger partial charge in [0, 0.05) is 22.1 Å². The van der Waals surface area contributed by atoms with Crippen molar-refractivity contribution in [1.82, 2.24) is 10.2 Å². The Labute approximate surface area is 227 Å². The summed E-state index contributed by atoms with van der Waals surface area (Å²) in [4.78, 5) is 28.6. The lowest BCUT2D eigenvalue weighted by molar-refractivity contribution is -0.140. The minimum atomic E-state index is -3.79. The number of hydrogen-bond acceptors (Lipinski definition) is 4. The number of halogens is 2. The van der Waals surface area contributed by atoms with Crippen molar-refractivity contribution in [3.05, 3.63) is 63.6 Å². The SMILES string of the molecule is CC[C@@H](C(=O)NC1CCCCC1)N(Cc1ccc(Cl)cc1)C(=O)CN(c1ccccc1Br)S(C)(=O)=O. The van der Waals surface area contributed by atoms with Gasteiger partial charge in [-0.05, 0) is 65.0 Å². The average molecular weight is 599 g/mol. The molecule has 0 aliphatic heterocycles. The molecule has 0 unspecified atom stereocenters. The Morgan fingerprint density at radius 3 is 2.31 bits per heavy atom. The van der Waals surface area contributed by atoms with Gasteiger partial charge < -0.3 is 10.2 Å². The highest BCUT2D eigenvalue weighted by Gasteiger charge is 2.33. The van der Waals surface area contributed by atoms with Crippen LogP contribution < -0.4 is 9.62 Å². The van der Waals surface area contributed by atoms with Crippen LogP contribution in [0.1, 0.15) is 51.0 Å². The summed E-state index contributed by atoms with van der Waals surface area (Å²) < 4.78 is 27.0. The average Bonchev–Trinajstić information content (AvgIpc) is 2.84. The van der Waals surface area contributed by atoms with Crippen molar-refractivity contribution in [2.75, 3.05) is 17.1 Å². The van der Waals surface area contributed by atoms with Gasteiger partial charge in [-0.3, -0.25) is 13.9 Å². The van der Waals surface area contributed by atoms with Crippen molar-refractivity contribution in [2.24, 2.45) is 0 Å². The van der Waals surface area contributed by atoms with Gasteiger partial charge in [0.15, 0.2) is 0 Å². The third-order valence-electron chi connectivity index (χ3n) is 6.40. The molecular formula is C26H33BrClN3O4S. The maximum Gasteiger partial charge on any atom is 0.244 e. The zero-order valence-corrected chi connectivity index (χ0v) is 23.8. The number of anilines is 1. The van der Waals surface area contributed by atoms with E-state index < -0.39 is 28.5 Å². The molecule has 0 aromatic heterocycles. The molecule has 0 saturated heterocycles. The normalized spacial score (nSPS) is 15.2. The van der Waals surface area contributed by atoms with E-state index in [2.05, 4.69) is 21.2 Å². The van der Waals surface area contributed by atoms with E-state index in [1.807, 2.05) is 6.92 Å². The van der Waals surface area contributed by atoms with E-state index in [9.17, 15) is 18.0 Å². The lowest BCUT2D eigenvalue weighted by Gasteiger charge is -2.34. The molecule has 1 fully saturated rings. The predicted molar refractivity (Wildman–Crippen MR) is 147 cm³/mol. The van der Waals surface area contributed by atoms with Crippen LogP contribution in [-0.4, -0.2) is 50.0 Å². The van der Waals surface area contributed by atoms with Crippen molar-refractivity contribution in [3.8, 4) is 0 Å². The molecule has 0 heterocycles. The fourth-order valence-electron chi connectivity index (χ4n) is 4.50. The number of benzene rings is 2. The van der Waals surface area contributed by atoms with Crippen LogP contribution in [0.5, 0.6) is 0 Å². The Kier molecular flexibility index (Phi) is 10.2. The molecule has 10 heteroatoms. The zero-order valence-electron chi connectivity index (χ0n) is 20.6. The van der Waals surface area contributed by atoms with Gasteiger partial charge in [0.25, 0.3) is 0 Å². The number of rotatable bonds is 10. The highest BCUT2D eigenvalue weighted by Crippen LogP contribution is 2.28. The second kappa shape index (κ2) is 12.9. The second-order valence-corrected chi connectivity index (χ2v) is 12.3. The number of nitrogens with one attached hydrogen (secondary N) is 1. The van der Waals surface area contributed by atoms with E-state index in [-0.39, 0.29) is 18.5 Å². The number of carbonyl (C=O) groups excluding carboxylic acids is 2. The van der Waals surface area contributed by atoms with Crippen molar-refractivity contribution >= 4 is 55.1 Å². The summed E-state index contributed by atoms with van der Waals surface area (Å²) in [5.41, 5.74) is 1.16. The topological polar surface area (TPSA) is 86.8 Å². The molecule has 2 aromatic rings. The highest BCUT2D eigenvalue weighted by molar-refractivity contribution is 9.10. The van der Waals surface area contributed by atoms with Crippen LogP contribution in [0.25, 0.3) is 0 Å². The quantitative estimate of drug-likeness (QED) is 0.411. The van der Waals surface area contributed by atoms with Crippen LogP contribution >= 0.6 is 27.5 Å². The predicted octanol–water partition coefficient (Wildman–Crippen LogP) is 5.12. The Bertz CT molecular complexity index is 1150. The Balaban J connectivity index is 1.91. The van der Waals surface area contributed by atoms with E-state index in [0.717, 1.165) is 41.8 Å². The van der Waals surface area contributed by atoms with E-state index in [1.54, 1.807) is 48.5 Å². The molecule has 1 atom stereocenters. The molecule has 36 heavy (non-hydrogen) atoms. The third-order valence-corrected chi connectivity index (χ3v) is 8.45. The fraction of sp³-hybridized carbons (Fsp3) is 0.462. The molecule has 2 amide bonds. The number of para-hydroxylation sites is 1. The van der Waals surface area contributed by atoms with E-state index >= 15 is 0 Å². The Morgan fingerprint density at radius 1 is 1.08 bits per heavy atom. The van der Waals surface area contributed by atoms with Gasteiger partial charge in [-0.2, -0.15) is 0 Å². The minimum Gasteiger partial charge on any atom is -0.352 e. The molecule has 0 radical (unpaired) electrons. The van der Waals surface area contributed by atoms with Crippen molar-refractivity contribution < 1.29 is 18.0 Å². The van der Waals surface area contributed by atoms with Crippen LogP contribution in [0.4, 0.5) is 5.69 Å². The standard InChI is InChI=1S/C26H33BrClN3O4S/c1-3-23(26(33)29-21-9-5-4-6-10-21)30(17-19-13-15-20(28)16-14-19)25(32)18-31(36(2,34)35)24-12-8-7-11-22(24)27/h7-8,11-16,21,23H,3-6,9-10,17-18H2,1-2H3,(H,29,33)/t23-/m0/s1. The monoisotopic (exact) mass is 597 g/mol. The number of nitrogens with zero attached hydrogens (tertiary/aromatic N) is 2. The van der Waals surface area contributed by atoms with E-state index in [4.69, 9.17) is 11.6 Å². The fourth-order valence-corrected chi connectivity index (χ4v) is 6.10. The third kappa shape index (κ3) is 7.70. The molecule has 0 bridgehead atoms. The van der Waals surface area contributed by atoms with Crippen LogP contribution in [-0.2, 0) is 26.2 Å². The van der Waals surface area contributed by atoms with E-state index in [0.29, 0.717) is 21.6 Å². The van der Waals surface area contributed by atoms with Crippen LogP contribution in [0.3, 0.4) is 0 Å². The first-order valence-electron chi connectivity index (χ1n) is 12.2. The molecule has 7 nitrogen and oxygen atoms in total. The van der Waals surface area contributed by atoms with Crippen molar-refractivity contribution in [3.63, 3.8) is 0 Å². The van der Waals surface area contributed by atoms with Gasteiger partial charge in [0.05, 0.1) is 11.9 Å². The number of amides is 2. The van der Waals surface area contributed by atoms with Gasteiger partial charge in [0.2, 0.25) is 21.8 Å². The molecular weight excluding hydrogens is 566 g/mol. The molecule has 3 rings (SSSR count). The maximum absolute atomic E-state index is 13.8. The molecule has 0 spiro atoms. The lowest BCUT2D eigenvalue weighted by atomic mass is 9.95.